The number of carbonyl (C=O) groups is 1. The van der Waals surface area contributed by atoms with Gasteiger partial charge in [0.1, 0.15) is 6.61 Å². The molecule has 2 heterocycles. The summed E-state index contributed by atoms with van der Waals surface area (Å²) in [7, 11) is 1.63. The van der Waals surface area contributed by atoms with Gasteiger partial charge in [-0.15, -0.1) is 12.4 Å². The molecule has 106 valence electrons. The lowest BCUT2D eigenvalue weighted by atomic mass is 10.1. The van der Waals surface area contributed by atoms with E-state index >= 15 is 0 Å². The van der Waals surface area contributed by atoms with Crippen molar-refractivity contribution in [2.24, 2.45) is 0 Å². The third kappa shape index (κ3) is 4.39. The van der Waals surface area contributed by atoms with Gasteiger partial charge in [-0.05, 0) is 19.3 Å². The molecule has 0 radical (unpaired) electrons. The Morgan fingerprint density at radius 2 is 2.06 bits per heavy atom. The predicted octanol–water partition coefficient (Wildman–Crippen LogP) is 0.424. The first-order valence-corrected chi connectivity index (χ1v) is 6.40. The Balaban J connectivity index is 0.00000162. The van der Waals surface area contributed by atoms with Crippen LogP contribution in [-0.4, -0.2) is 62.9 Å². The van der Waals surface area contributed by atoms with Crippen molar-refractivity contribution in [2.75, 3.05) is 40.0 Å². The molecule has 1 N–H and O–H groups in total. The lowest BCUT2D eigenvalue weighted by Gasteiger charge is -2.24. The van der Waals surface area contributed by atoms with Crippen molar-refractivity contribution in [3.63, 3.8) is 0 Å². The lowest BCUT2D eigenvalue weighted by molar-refractivity contribution is -0.136. The molecule has 0 aliphatic carbocycles. The third-order valence-corrected chi connectivity index (χ3v) is 3.53. The van der Waals surface area contributed by atoms with E-state index in [1.165, 1.54) is 12.8 Å². The van der Waals surface area contributed by atoms with Gasteiger partial charge < -0.3 is 19.7 Å². The SMILES string of the molecule is COCCOCC(=O)N1CCC2CCC(C1)N2.Cl. The van der Waals surface area contributed by atoms with Crippen LogP contribution in [0.2, 0.25) is 0 Å². The van der Waals surface area contributed by atoms with Gasteiger partial charge in [0.15, 0.2) is 0 Å². The van der Waals surface area contributed by atoms with Gasteiger partial charge >= 0.3 is 0 Å². The number of nitrogens with zero attached hydrogens (tertiary/aromatic N) is 1. The summed E-state index contributed by atoms with van der Waals surface area (Å²) in [6.07, 6.45) is 3.52. The molecular weight excluding hydrogens is 256 g/mol. The molecule has 2 bridgehead atoms. The Morgan fingerprint density at radius 3 is 2.83 bits per heavy atom. The second-order valence-electron chi connectivity index (χ2n) is 4.81. The number of rotatable bonds is 5. The molecule has 18 heavy (non-hydrogen) atoms. The average Bonchev–Trinajstić information content (AvgIpc) is 2.64. The summed E-state index contributed by atoms with van der Waals surface area (Å²) >= 11 is 0. The van der Waals surface area contributed by atoms with Crippen LogP contribution in [0.5, 0.6) is 0 Å². The van der Waals surface area contributed by atoms with Crippen molar-refractivity contribution in [1.82, 2.24) is 10.2 Å². The zero-order valence-corrected chi connectivity index (χ0v) is 11.7. The molecule has 2 aliphatic rings. The maximum atomic E-state index is 11.9. The quantitative estimate of drug-likeness (QED) is 0.741. The Bertz CT molecular complexity index is 266. The molecular formula is C12H23ClN2O3. The monoisotopic (exact) mass is 278 g/mol. The summed E-state index contributed by atoms with van der Waals surface area (Å²) in [5.41, 5.74) is 0. The van der Waals surface area contributed by atoms with Gasteiger partial charge in [0.05, 0.1) is 13.2 Å². The predicted molar refractivity (Wildman–Crippen MR) is 71.1 cm³/mol. The zero-order chi connectivity index (χ0) is 12.1. The molecule has 2 saturated heterocycles. The Labute approximate surface area is 115 Å². The van der Waals surface area contributed by atoms with Crippen LogP contribution in [0.3, 0.4) is 0 Å². The Morgan fingerprint density at radius 1 is 1.28 bits per heavy atom. The van der Waals surface area contributed by atoms with E-state index in [2.05, 4.69) is 5.32 Å². The van der Waals surface area contributed by atoms with Crippen molar-refractivity contribution in [2.45, 2.75) is 31.3 Å². The smallest absolute Gasteiger partial charge is 0.248 e. The number of likely N-dealkylation sites (tertiary alicyclic amines) is 1. The van der Waals surface area contributed by atoms with Gasteiger partial charge in [0.25, 0.3) is 0 Å². The van der Waals surface area contributed by atoms with Gasteiger partial charge in [0.2, 0.25) is 5.91 Å². The molecule has 2 unspecified atom stereocenters. The molecule has 6 heteroatoms. The largest absolute Gasteiger partial charge is 0.382 e. The molecule has 2 atom stereocenters. The van der Waals surface area contributed by atoms with E-state index in [9.17, 15) is 4.79 Å². The second kappa shape index (κ2) is 7.94. The average molecular weight is 279 g/mol. The van der Waals surface area contributed by atoms with Crippen molar-refractivity contribution in [3.05, 3.63) is 0 Å². The Hall–Kier alpha value is -0.360. The Kier molecular flexibility index (Phi) is 6.92. The highest BCUT2D eigenvalue weighted by molar-refractivity contribution is 5.85. The summed E-state index contributed by atoms with van der Waals surface area (Å²) in [5.74, 6) is 0.107. The summed E-state index contributed by atoms with van der Waals surface area (Å²) in [5, 5.41) is 3.56. The van der Waals surface area contributed by atoms with Crippen LogP contribution in [0.1, 0.15) is 19.3 Å². The molecule has 1 amide bonds. The van der Waals surface area contributed by atoms with E-state index in [1.54, 1.807) is 7.11 Å². The number of methoxy groups -OCH3 is 1. The fourth-order valence-electron chi connectivity index (χ4n) is 2.56. The molecule has 0 spiro atoms. The minimum atomic E-state index is 0. The van der Waals surface area contributed by atoms with Crippen molar-refractivity contribution < 1.29 is 14.3 Å². The number of hydrogen-bond donors (Lipinski definition) is 1. The molecule has 2 aliphatic heterocycles. The number of nitrogens with one attached hydrogen (secondary N) is 1. The molecule has 2 rings (SSSR count). The molecule has 0 aromatic rings. The van der Waals surface area contributed by atoms with Gasteiger partial charge in [-0.1, -0.05) is 0 Å². The summed E-state index contributed by atoms with van der Waals surface area (Å²) < 4.78 is 10.1. The van der Waals surface area contributed by atoms with E-state index in [-0.39, 0.29) is 24.9 Å². The van der Waals surface area contributed by atoms with Crippen LogP contribution in [0, 0.1) is 0 Å². The molecule has 2 fully saturated rings. The molecule has 5 nitrogen and oxygen atoms in total. The van der Waals surface area contributed by atoms with Crippen LogP contribution in [0.25, 0.3) is 0 Å². The van der Waals surface area contributed by atoms with E-state index in [1.807, 2.05) is 4.90 Å². The number of ether oxygens (including phenoxy) is 2. The molecule has 0 aromatic heterocycles. The number of amides is 1. The maximum Gasteiger partial charge on any atom is 0.248 e. The van der Waals surface area contributed by atoms with Crippen molar-refractivity contribution in [3.8, 4) is 0 Å². The van der Waals surface area contributed by atoms with Gasteiger partial charge in [-0.25, -0.2) is 0 Å². The maximum absolute atomic E-state index is 11.9. The van der Waals surface area contributed by atoms with Gasteiger partial charge in [-0.2, -0.15) is 0 Å². The summed E-state index contributed by atoms with van der Waals surface area (Å²) in [4.78, 5) is 13.9. The van der Waals surface area contributed by atoms with Crippen molar-refractivity contribution in [1.29, 1.82) is 0 Å². The van der Waals surface area contributed by atoms with Gasteiger partial charge in [-0.3, -0.25) is 4.79 Å². The normalized spacial score (nSPS) is 26.6. The summed E-state index contributed by atoms with van der Waals surface area (Å²) in [6.45, 7) is 2.91. The number of hydrogen-bond acceptors (Lipinski definition) is 4. The topological polar surface area (TPSA) is 50.8 Å². The lowest BCUT2D eigenvalue weighted by Crippen LogP contribution is -2.40. The van der Waals surface area contributed by atoms with E-state index in [0.717, 1.165) is 19.5 Å². The summed E-state index contributed by atoms with van der Waals surface area (Å²) in [6, 6.07) is 1.11. The van der Waals surface area contributed by atoms with E-state index < -0.39 is 0 Å². The van der Waals surface area contributed by atoms with Crippen LogP contribution in [0.15, 0.2) is 0 Å². The first kappa shape index (κ1) is 15.7. The number of halogens is 1. The zero-order valence-electron chi connectivity index (χ0n) is 10.9. The molecule has 0 saturated carbocycles. The van der Waals surface area contributed by atoms with E-state index in [4.69, 9.17) is 9.47 Å². The highest BCUT2D eigenvalue weighted by Gasteiger charge is 2.30. The van der Waals surface area contributed by atoms with Crippen LogP contribution >= 0.6 is 12.4 Å². The standard InChI is InChI=1S/C12H22N2O3.ClH/c1-16-6-7-17-9-12(15)14-5-4-10-2-3-11(8-14)13-10;/h10-11,13H,2-9H2,1H3;1H. The first-order valence-electron chi connectivity index (χ1n) is 6.40. The number of fused-ring (bicyclic) bond motifs is 2. The third-order valence-electron chi connectivity index (χ3n) is 3.53. The second-order valence-corrected chi connectivity index (χ2v) is 4.81. The number of carbonyl (C=O) groups excluding carboxylic acids is 1. The first-order chi connectivity index (χ1) is 8.29. The highest BCUT2D eigenvalue weighted by atomic mass is 35.5. The van der Waals surface area contributed by atoms with Gasteiger partial charge in [0, 0.05) is 32.3 Å². The minimum Gasteiger partial charge on any atom is -0.382 e. The van der Waals surface area contributed by atoms with Crippen molar-refractivity contribution >= 4 is 18.3 Å². The van der Waals surface area contributed by atoms with Crippen LogP contribution in [-0.2, 0) is 14.3 Å². The minimum absolute atomic E-state index is 0. The molecule has 0 aromatic carbocycles. The van der Waals surface area contributed by atoms with Crippen LogP contribution in [0.4, 0.5) is 0 Å². The van der Waals surface area contributed by atoms with Crippen LogP contribution < -0.4 is 5.32 Å². The van der Waals surface area contributed by atoms with E-state index in [0.29, 0.717) is 25.3 Å². The highest BCUT2D eigenvalue weighted by Crippen LogP contribution is 2.20. The fourth-order valence-corrected chi connectivity index (χ4v) is 2.56. The fraction of sp³-hybridized carbons (Fsp3) is 0.917.